The molecule has 1 heterocycles. The van der Waals surface area contributed by atoms with Crippen LogP contribution in [0.4, 0.5) is 16.0 Å². The van der Waals surface area contributed by atoms with Crippen LogP contribution in [0.2, 0.25) is 0 Å². The number of rotatable bonds is 7. The van der Waals surface area contributed by atoms with Crippen molar-refractivity contribution in [3.63, 3.8) is 0 Å². The van der Waals surface area contributed by atoms with Crippen molar-refractivity contribution in [1.29, 1.82) is 0 Å². The van der Waals surface area contributed by atoms with E-state index >= 15 is 0 Å². The molecule has 6 nitrogen and oxygen atoms in total. The molecular weight excluding hydrogens is 319 g/mol. The van der Waals surface area contributed by atoms with E-state index in [1.807, 2.05) is 0 Å². The molecule has 2 N–H and O–H groups in total. The molecule has 23 heavy (non-hydrogen) atoms. The molecule has 0 radical (unpaired) electrons. The molecule has 0 aliphatic heterocycles. The highest BCUT2D eigenvalue weighted by atomic mass is 32.2. The van der Waals surface area contributed by atoms with E-state index in [1.165, 1.54) is 18.2 Å². The van der Waals surface area contributed by atoms with Gasteiger partial charge < -0.3 is 5.32 Å². The second kappa shape index (κ2) is 7.36. The molecule has 2 rings (SSSR count). The highest BCUT2D eigenvalue weighted by Gasteiger charge is 2.15. The molecule has 0 aliphatic rings. The number of nitrogens with zero attached hydrogens (tertiary/aromatic N) is 2. The van der Waals surface area contributed by atoms with Crippen LogP contribution in [-0.4, -0.2) is 25.2 Å². The smallest absolute Gasteiger partial charge is 0.263 e. The number of halogens is 1. The molecule has 0 saturated heterocycles. The van der Waals surface area contributed by atoms with Gasteiger partial charge in [0.2, 0.25) is 0 Å². The third kappa shape index (κ3) is 5.17. The van der Waals surface area contributed by atoms with Crippen LogP contribution < -0.4 is 10.0 Å². The van der Waals surface area contributed by atoms with Crippen molar-refractivity contribution in [1.82, 2.24) is 10.2 Å². The quantitative estimate of drug-likeness (QED) is 0.811. The molecule has 0 fully saturated rings. The van der Waals surface area contributed by atoms with Gasteiger partial charge in [-0.05, 0) is 48.7 Å². The number of nitrogens with one attached hydrogen (secondary N) is 2. The maximum absolute atomic E-state index is 12.9. The van der Waals surface area contributed by atoms with E-state index in [2.05, 4.69) is 34.1 Å². The Labute approximate surface area is 135 Å². The standard InChI is InChI=1S/C15H19FN4O2S/c1-11(2)9-10-17-14-7-8-15(19-18-14)20-23(21,22)13-5-3-12(16)4-6-13/h3-8,11H,9-10H2,1-2H3,(H,17,18)(H,19,20). The number of hydrogen-bond acceptors (Lipinski definition) is 5. The predicted octanol–water partition coefficient (Wildman–Crippen LogP) is 2.87. The molecule has 0 atom stereocenters. The van der Waals surface area contributed by atoms with Crippen LogP contribution in [-0.2, 0) is 10.0 Å². The summed E-state index contributed by atoms with van der Waals surface area (Å²) in [5.41, 5.74) is 0. The molecule has 0 unspecified atom stereocenters. The summed E-state index contributed by atoms with van der Waals surface area (Å²) in [5, 5.41) is 10.9. The van der Waals surface area contributed by atoms with E-state index in [4.69, 9.17) is 0 Å². The largest absolute Gasteiger partial charge is 0.369 e. The molecule has 0 saturated carbocycles. The minimum Gasteiger partial charge on any atom is -0.369 e. The molecule has 1 aromatic carbocycles. The van der Waals surface area contributed by atoms with Gasteiger partial charge in [-0.15, -0.1) is 10.2 Å². The Balaban J connectivity index is 2.01. The average Bonchev–Trinajstić information content (AvgIpc) is 2.49. The average molecular weight is 338 g/mol. The van der Waals surface area contributed by atoms with Crippen LogP contribution in [0, 0.1) is 11.7 Å². The van der Waals surface area contributed by atoms with Crippen molar-refractivity contribution in [3.05, 3.63) is 42.2 Å². The Morgan fingerprint density at radius 1 is 1.04 bits per heavy atom. The minimum atomic E-state index is -3.81. The molecule has 1 aromatic heterocycles. The SMILES string of the molecule is CC(C)CCNc1ccc(NS(=O)(=O)c2ccc(F)cc2)nn1. The monoisotopic (exact) mass is 338 g/mol. The number of aromatic nitrogens is 2. The van der Waals surface area contributed by atoms with Gasteiger partial charge in [0.05, 0.1) is 4.90 Å². The van der Waals surface area contributed by atoms with Gasteiger partial charge in [-0.3, -0.25) is 4.72 Å². The van der Waals surface area contributed by atoms with Gasteiger partial charge in [0.15, 0.2) is 5.82 Å². The fourth-order valence-corrected chi connectivity index (χ4v) is 2.78. The zero-order chi connectivity index (χ0) is 16.9. The van der Waals surface area contributed by atoms with Gasteiger partial charge in [0.1, 0.15) is 11.6 Å². The summed E-state index contributed by atoms with van der Waals surface area (Å²) in [6.45, 7) is 5.02. The highest BCUT2D eigenvalue weighted by molar-refractivity contribution is 7.92. The number of sulfonamides is 1. The number of anilines is 2. The first-order valence-corrected chi connectivity index (χ1v) is 8.71. The van der Waals surface area contributed by atoms with E-state index < -0.39 is 15.8 Å². The fraction of sp³-hybridized carbons (Fsp3) is 0.333. The summed E-state index contributed by atoms with van der Waals surface area (Å²) in [4.78, 5) is -0.0418. The lowest BCUT2D eigenvalue weighted by Gasteiger charge is -2.09. The molecule has 0 aliphatic carbocycles. The zero-order valence-electron chi connectivity index (χ0n) is 13.0. The second-order valence-corrected chi connectivity index (χ2v) is 7.15. The van der Waals surface area contributed by atoms with Crippen LogP contribution in [0.15, 0.2) is 41.3 Å². The topological polar surface area (TPSA) is 84.0 Å². The van der Waals surface area contributed by atoms with Crippen molar-refractivity contribution in [2.45, 2.75) is 25.2 Å². The third-order valence-electron chi connectivity index (χ3n) is 3.06. The first-order chi connectivity index (χ1) is 10.9. The first-order valence-electron chi connectivity index (χ1n) is 7.23. The molecule has 8 heteroatoms. The molecule has 2 aromatic rings. The number of hydrogen-bond donors (Lipinski definition) is 2. The maximum atomic E-state index is 12.9. The Bertz CT molecular complexity index is 731. The van der Waals surface area contributed by atoms with E-state index in [-0.39, 0.29) is 10.7 Å². The van der Waals surface area contributed by atoms with Crippen molar-refractivity contribution >= 4 is 21.7 Å². The zero-order valence-corrected chi connectivity index (χ0v) is 13.8. The van der Waals surface area contributed by atoms with Gasteiger partial charge in [0.25, 0.3) is 10.0 Å². The lowest BCUT2D eigenvalue weighted by molar-refractivity contribution is 0.599. The van der Waals surface area contributed by atoms with Crippen LogP contribution in [0.1, 0.15) is 20.3 Å². The van der Waals surface area contributed by atoms with Crippen LogP contribution >= 0.6 is 0 Å². The molecule has 0 amide bonds. The Hall–Kier alpha value is -2.22. The summed E-state index contributed by atoms with van der Waals surface area (Å²) in [6, 6.07) is 7.71. The molecule has 0 bridgehead atoms. The molecular formula is C15H19FN4O2S. The fourth-order valence-electron chi connectivity index (χ4n) is 1.78. The number of benzene rings is 1. The highest BCUT2D eigenvalue weighted by Crippen LogP contribution is 2.15. The van der Waals surface area contributed by atoms with Crippen molar-refractivity contribution in [2.75, 3.05) is 16.6 Å². The van der Waals surface area contributed by atoms with Crippen LogP contribution in [0.25, 0.3) is 0 Å². The van der Waals surface area contributed by atoms with Gasteiger partial charge in [0, 0.05) is 6.54 Å². The van der Waals surface area contributed by atoms with Crippen molar-refractivity contribution in [3.8, 4) is 0 Å². The lowest BCUT2D eigenvalue weighted by Crippen LogP contribution is -2.15. The summed E-state index contributed by atoms with van der Waals surface area (Å²) in [6.07, 6.45) is 1.00. The van der Waals surface area contributed by atoms with Crippen molar-refractivity contribution < 1.29 is 12.8 Å². The first kappa shape index (κ1) is 17.1. The summed E-state index contributed by atoms with van der Waals surface area (Å²) >= 11 is 0. The van der Waals surface area contributed by atoms with E-state index in [1.54, 1.807) is 6.07 Å². The molecule has 124 valence electrons. The van der Waals surface area contributed by atoms with E-state index in [9.17, 15) is 12.8 Å². The molecule has 0 spiro atoms. The predicted molar refractivity (Wildman–Crippen MR) is 87.2 cm³/mol. The van der Waals surface area contributed by atoms with E-state index in [0.717, 1.165) is 25.1 Å². The summed E-state index contributed by atoms with van der Waals surface area (Å²) in [7, 11) is -3.81. The van der Waals surface area contributed by atoms with Crippen molar-refractivity contribution in [2.24, 2.45) is 5.92 Å². The van der Waals surface area contributed by atoms with Gasteiger partial charge >= 0.3 is 0 Å². The van der Waals surface area contributed by atoms with Gasteiger partial charge in [-0.1, -0.05) is 13.8 Å². The Morgan fingerprint density at radius 3 is 2.22 bits per heavy atom. The van der Waals surface area contributed by atoms with Crippen LogP contribution in [0.3, 0.4) is 0 Å². The Kier molecular flexibility index (Phi) is 5.49. The minimum absolute atomic E-state index is 0.0418. The third-order valence-corrected chi connectivity index (χ3v) is 4.43. The normalized spacial score (nSPS) is 11.5. The Morgan fingerprint density at radius 2 is 1.65 bits per heavy atom. The van der Waals surface area contributed by atoms with Gasteiger partial charge in [-0.2, -0.15) is 0 Å². The van der Waals surface area contributed by atoms with Crippen LogP contribution in [0.5, 0.6) is 0 Å². The summed E-state index contributed by atoms with van der Waals surface area (Å²) < 4.78 is 39.4. The second-order valence-electron chi connectivity index (χ2n) is 5.47. The summed E-state index contributed by atoms with van der Waals surface area (Å²) in [5.74, 6) is 0.761. The lowest BCUT2D eigenvalue weighted by atomic mass is 10.1. The maximum Gasteiger partial charge on any atom is 0.263 e. The van der Waals surface area contributed by atoms with E-state index in [0.29, 0.717) is 11.7 Å². The van der Waals surface area contributed by atoms with Gasteiger partial charge in [-0.25, -0.2) is 12.8 Å².